The zero-order valence-corrected chi connectivity index (χ0v) is 11.1. The number of nitrogens with two attached hydrogens (primary N) is 2. The third-order valence-corrected chi connectivity index (χ3v) is 3.66. The zero-order valence-electron chi connectivity index (χ0n) is 11.1. The SMILES string of the molecule is [N-]=[N+]=N[C@H]1C[C@H](n2cnc3c2NC(N)NC3N)O[C@@H]1CO. The normalized spacial score (nSPS) is 34.9. The van der Waals surface area contributed by atoms with E-state index in [1.54, 1.807) is 10.9 Å². The number of hydrogen-bond acceptors (Lipinski definition) is 8. The average molecular weight is 295 g/mol. The van der Waals surface area contributed by atoms with E-state index in [-0.39, 0.29) is 6.61 Å². The molecule has 0 aliphatic carbocycles. The molecule has 0 bridgehead atoms. The summed E-state index contributed by atoms with van der Waals surface area (Å²) in [6.07, 6.45) is 0.130. The summed E-state index contributed by atoms with van der Waals surface area (Å²) >= 11 is 0. The molecule has 2 unspecified atom stereocenters. The van der Waals surface area contributed by atoms with Gasteiger partial charge in [0.1, 0.15) is 30.2 Å². The van der Waals surface area contributed by atoms with Gasteiger partial charge in [-0.2, -0.15) is 0 Å². The van der Waals surface area contributed by atoms with E-state index in [0.29, 0.717) is 17.9 Å². The minimum atomic E-state index is -0.534. The molecule has 2 aliphatic heterocycles. The maximum atomic E-state index is 9.30. The number of imidazole rings is 1. The summed E-state index contributed by atoms with van der Waals surface area (Å²) in [7, 11) is 0. The molecule has 11 nitrogen and oxygen atoms in total. The highest BCUT2D eigenvalue weighted by Gasteiger charge is 2.37. The highest BCUT2D eigenvalue weighted by atomic mass is 16.5. The van der Waals surface area contributed by atoms with Gasteiger partial charge in [-0.1, -0.05) is 5.11 Å². The fourth-order valence-corrected chi connectivity index (χ4v) is 2.67. The lowest BCUT2D eigenvalue weighted by molar-refractivity contribution is -0.0241. The monoisotopic (exact) mass is 295 g/mol. The van der Waals surface area contributed by atoms with E-state index in [4.69, 9.17) is 21.7 Å². The Hall–Kier alpha value is -1.88. The van der Waals surface area contributed by atoms with Crippen LogP contribution in [0.15, 0.2) is 11.4 Å². The van der Waals surface area contributed by atoms with Crippen molar-refractivity contribution in [3.05, 3.63) is 22.5 Å². The van der Waals surface area contributed by atoms with E-state index in [1.165, 1.54) is 0 Å². The van der Waals surface area contributed by atoms with Crippen LogP contribution in [0.1, 0.15) is 24.5 Å². The Labute approximate surface area is 119 Å². The van der Waals surface area contributed by atoms with Gasteiger partial charge < -0.3 is 20.9 Å². The highest BCUT2D eigenvalue weighted by molar-refractivity contribution is 5.46. The molecule has 5 atom stereocenters. The molecule has 1 saturated heterocycles. The fraction of sp³-hybridized carbons (Fsp3) is 0.700. The number of anilines is 1. The number of fused-ring (bicyclic) bond motifs is 1. The topological polar surface area (TPSA) is 172 Å². The number of ether oxygens (including phenoxy) is 1. The molecular formula is C10H17N9O2. The standard InChI is InChI=1S/C10H17N9O2/c11-8-7-9(16-10(12)15-8)19(3-14-7)6-1-4(17-18-13)5(2-20)21-6/h3-6,8,10,15-16,20H,1-2,11-12H2/t4-,5+,6+,8?,10?/m0/s1. The van der Waals surface area contributed by atoms with Gasteiger partial charge in [-0.3, -0.25) is 15.6 Å². The van der Waals surface area contributed by atoms with Gasteiger partial charge in [-0.05, 0) is 5.53 Å². The van der Waals surface area contributed by atoms with Crippen molar-refractivity contribution < 1.29 is 9.84 Å². The predicted molar refractivity (Wildman–Crippen MR) is 72.4 cm³/mol. The Bertz CT molecular complexity index is 569. The number of aliphatic hydroxyl groups is 1. The van der Waals surface area contributed by atoms with Gasteiger partial charge in [0.25, 0.3) is 0 Å². The maximum absolute atomic E-state index is 9.30. The number of nitrogens with one attached hydrogen (secondary N) is 2. The van der Waals surface area contributed by atoms with Crippen molar-refractivity contribution in [2.24, 2.45) is 16.6 Å². The molecule has 1 aromatic rings. The molecule has 1 aromatic heterocycles. The summed E-state index contributed by atoms with van der Waals surface area (Å²) in [6, 6.07) is -0.424. The number of aromatic nitrogens is 2. The molecular weight excluding hydrogens is 278 g/mol. The largest absolute Gasteiger partial charge is 0.394 e. The summed E-state index contributed by atoms with van der Waals surface area (Å²) in [4.78, 5) is 7.04. The average Bonchev–Trinajstić information content (AvgIpc) is 3.02. The Kier molecular flexibility index (Phi) is 3.68. The number of hydrogen-bond donors (Lipinski definition) is 5. The van der Waals surface area contributed by atoms with Crippen molar-refractivity contribution in [1.29, 1.82) is 0 Å². The number of aliphatic hydroxyl groups excluding tert-OH is 1. The minimum Gasteiger partial charge on any atom is -0.394 e. The molecule has 114 valence electrons. The Morgan fingerprint density at radius 2 is 2.43 bits per heavy atom. The quantitative estimate of drug-likeness (QED) is 0.272. The second kappa shape index (κ2) is 5.48. The van der Waals surface area contributed by atoms with E-state index in [2.05, 4.69) is 25.6 Å². The lowest BCUT2D eigenvalue weighted by atomic mass is 10.1. The van der Waals surface area contributed by atoms with Crippen LogP contribution < -0.4 is 22.1 Å². The Morgan fingerprint density at radius 3 is 3.14 bits per heavy atom. The molecule has 0 saturated carbocycles. The van der Waals surface area contributed by atoms with Crippen molar-refractivity contribution in [3.8, 4) is 0 Å². The maximum Gasteiger partial charge on any atom is 0.137 e. The van der Waals surface area contributed by atoms with Gasteiger partial charge in [-0.15, -0.1) is 0 Å². The van der Waals surface area contributed by atoms with Gasteiger partial charge in [0.2, 0.25) is 0 Å². The molecule has 7 N–H and O–H groups in total. The summed E-state index contributed by atoms with van der Waals surface area (Å²) in [6.45, 7) is -0.217. The van der Waals surface area contributed by atoms with Crippen LogP contribution >= 0.6 is 0 Å². The van der Waals surface area contributed by atoms with Crippen LogP contribution in [0.25, 0.3) is 10.4 Å². The third-order valence-electron chi connectivity index (χ3n) is 3.66. The minimum absolute atomic E-state index is 0.217. The molecule has 0 radical (unpaired) electrons. The van der Waals surface area contributed by atoms with Crippen LogP contribution in [0.3, 0.4) is 0 Å². The highest BCUT2D eigenvalue weighted by Crippen LogP contribution is 2.35. The Balaban J connectivity index is 1.87. The van der Waals surface area contributed by atoms with Gasteiger partial charge in [0, 0.05) is 11.3 Å². The van der Waals surface area contributed by atoms with E-state index in [1.807, 2.05) is 0 Å². The smallest absolute Gasteiger partial charge is 0.137 e. The van der Waals surface area contributed by atoms with Crippen molar-refractivity contribution in [1.82, 2.24) is 14.9 Å². The lowest BCUT2D eigenvalue weighted by Crippen LogP contribution is -2.52. The molecule has 1 fully saturated rings. The molecule has 3 heterocycles. The van der Waals surface area contributed by atoms with Gasteiger partial charge in [0.15, 0.2) is 0 Å². The van der Waals surface area contributed by atoms with Crippen molar-refractivity contribution in [2.75, 3.05) is 11.9 Å². The fourth-order valence-electron chi connectivity index (χ4n) is 2.67. The molecule has 3 rings (SSSR count). The molecule has 0 aromatic carbocycles. The van der Waals surface area contributed by atoms with Crippen LogP contribution in [-0.2, 0) is 4.74 Å². The van der Waals surface area contributed by atoms with Crippen molar-refractivity contribution >= 4 is 5.82 Å². The summed E-state index contributed by atoms with van der Waals surface area (Å²) in [5.74, 6) is 0.664. The first kappa shape index (κ1) is 14.1. The van der Waals surface area contributed by atoms with Crippen LogP contribution in [0.5, 0.6) is 0 Å². The van der Waals surface area contributed by atoms with Gasteiger partial charge >= 0.3 is 0 Å². The molecule has 0 spiro atoms. The summed E-state index contributed by atoms with van der Waals surface area (Å²) in [5.41, 5.74) is 20.9. The Morgan fingerprint density at radius 1 is 1.62 bits per heavy atom. The first-order valence-corrected chi connectivity index (χ1v) is 6.55. The molecule has 0 amide bonds. The van der Waals surface area contributed by atoms with Gasteiger partial charge in [0.05, 0.1) is 25.1 Å². The molecule has 11 heteroatoms. The van der Waals surface area contributed by atoms with Crippen LogP contribution in [0, 0.1) is 0 Å². The molecule has 21 heavy (non-hydrogen) atoms. The number of azide groups is 1. The van der Waals surface area contributed by atoms with Crippen LogP contribution in [-0.4, -0.2) is 39.7 Å². The van der Waals surface area contributed by atoms with Gasteiger partial charge in [-0.25, -0.2) is 4.98 Å². The molecule has 2 aliphatic rings. The number of nitrogens with zero attached hydrogens (tertiary/aromatic N) is 5. The third kappa shape index (κ3) is 2.42. The second-order valence-corrected chi connectivity index (χ2v) is 4.97. The van der Waals surface area contributed by atoms with E-state index >= 15 is 0 Å². The number of rotatable bonds is 3. The van der Waals surface area contributed by atoms with Crippen molar-refractivity contribution in [3.63, 3.8) is 0 Å². The van der Waals surface area contributed by atoms with E-state index in [0.717, 1.165) is 0 Å². The summed E-state index contributed by atoms with van der Waals surface area (Å²) in [5, 5.41) is 18.9. The first-order valence-electron chi connectivity index (χ1n) is 6.55. The second-order valence-electron chi connectivity index (χ2n) is 4.97. The van der Waals surface area contributed by atoms with Crippen molar-refractivity contribution in [2.45, 2.75) is 37.3 Å². The summed E-state index contributed by atoms with van der Waals surface area (Å²) < 4.78 is 7.48. The lowest BCUT2D eigenvalue weighted by Gasteiger charge is -2.29. The van der Waals surface area contributed by atoms with Crippen LogP contribution in [0.4, 0.5) is 5.82 Å². The van der Waals surface area contributed by atoms with E-state index < -0.39 is 30.8 Å². The van der Waals surface area contributed by atoms with E-state index in [9.17, 15) is 5.11 Å². The predicted octanol–water partition coefficient (Wildman–Crippen LogP) is -0.943. The van der Waals surface area contributed by atoms with Crippen LogP contribution in [0.2, 0.25) is 0 Å². The zero-order chi connectivity index (χ0) is 15.0. The first-order chi connectivity index (χ1) is 10.1.